The molecule has 0 spiro atoms. The van der Waals surface area contributed by atoms with Gasteiger partial charge in [0.25, 0.3) is 5.56 Å². The Labute approximate surface area is 145 Å². The summed E-state index contributed by atoms with van der Waals surface area (Å²) in [6, 6.07) is 9.54. The average Bonchev–Trinajstić information content (AvgIpc) is 2.94. The van der Waals surface area contributed by atoms with Gasteiger partial charge in [0.2, 0.25) is 5.91 Å². The molecule has 2 aromatic rings. The molecule has 124 valence electrons. The fourth-order valence-electron chi connectivity index (χ4n) is 3.02. The van der Waals surface area contributed by atoms with Crippen molar-refractivity contribution in [3.8, 4) is 0 Å². The normalized spacial score (nSPS) is 17.9. The molecule has 1 aliphatic rings. The lowest BCUT2D eigenvalue weighted by atomic mass is 9.94. The number of hydrogen-bond donors (Lipinski definition) is 2. The lowest BCUT2D eigenvalue weighted by Gasteiger charge is -2.15. The van der Waals surface area contributed by atoms with Crippen molar-refractivity contribution in [1.82, 2.24) is 10.3 Å². The standard InChI is InChI=1S/C19H19ClN2O2/c1-11-3-5-14(12(2)9-11)15(10-13-4-8-18(23)21-13)17-7-6-16(20)19(24)22-17/h3,5-7,9-10,13H,4,8H2,1-2H3,(H,21,23)(H,22,24)/t13-/m1/s1. The summed E-state index contributed by atoms with van der Waals surface area (Å²) in [5.41, 5.74) is 4.58. The second-order valence-electron chi connectivity index (χ2n) is 6.16. The van der Waals surface area contributed by atoms with E-state index >= 15 is 0 Å². The molecule has 0 aliphatic carbocycles. The van der Waals surface area contributed by atoms with Crippen molar-refractivity contribution in [2.24, 2.45) is 0 Å². The van der Waals surface area contributed by atoms with Crippen LogP contribution in [0.5, 0.6) is 0 Å². The number of H-pyrrole nitrogens is 1. The van der Waals surface area contributed by atoms with E-state index in [2.05, 4.69) is 16.4 Å². The van der Waals surface area contributed by atoms with Crippen LogP contribution in [0.4, 0.5) is 0 Å². The molecular weight excluding hydrogens is 324 g/mol. The number of carbonyl (C=O) groups excluding carboxylic acids is 1. The van der Waals surface area contributed by atoms with Crippen molar-refractivity contribution in [1.29, 1.82) is 0 Å². The summed E-state index contributed by atoms with van der Waals surface area (Å²) >= 11 is 5.85. The van der Waals surface area contributed by atoms with Gasteiger partial charge >= 0.3 is 0 Å². The van der Waals surface area contributed by atoms with Gasteiger partial charge in [-0.3, -0.25) is 9.59 Å². The molecule has 1 fully saturated rings. The molecular formula is C19H19ClN2O2. The maximum absolute atomic E-state index is 11.9. The molecule has 0 unspecified atom stereocenters. The van der Waals surface area contributed by atoms with Gasteiger partial charge in [-0.1, -0.05) is 41.4 Å². The van der Waals surface area contributed by atoms with Crippen LogP contribution in [-0.2, 0) is 4.79 Å². The molecule has 1 aliphatic heterocycles. The minimum Gasteiger partial charge on any atom is -0.350 e. The van der Waals surface area contributed by atoms with Crippen LogP contribution in [0.2, 0.25) is 5.02 Å². The van der Waals surface area contributed by atoms with Crippen LogP contribution in [0.15, 0.2) is 41.2 Å². The van der Waals surface area contributed by atoms with Crippen LogP contribution >= 0.6 is 11.6 Å². The second kappa shape index (κ2) is 6.65. The van der Waals surface area contributed by atoms with E-state index < -0.39 is 0 Å². The highest BCUT2D eigenvalue weighted by Crippen LogP contribution is 2.27. The van der Waals surface area contributed by atoms with Crippen LogP contribution in [-0.4, -0.2) is 16.9 Å². The molecule has 1 saturated heterocycles. The summed E-state index contributed by atoms with van der Waals surface area (Å²) in [6.45, 7) is 4.08. The van der Waals surface area contributed by atoms with Gasteiger partial charge in [-0.25, -0.2) is 0 Å². The molecule has 0 radical (unpaired) electrons. The van der Waals surface area contributed by atoms with Crippen molar-refractivity contribution in [2.75, 3.05) is 0 Å². The van der Waals surface area contributed by atoms with Crippen LogP contribution in [0.25, 0.3) is 5.57 Å². The Hall–Kier alpha value is -2.33. The average molecular weight is 343 g/mol. The number of benzene rings is 1. The zero-order valence-electron chi connectivity index (χ0n) is 13.7. The molecule has 1 atom stereocenters. The van der Waals surface area contributed by atoms with Gasteiger partial charge in [-0.05, 0) is 43.5 Å². The summed E-state index contributed by atoms with van der Waals surface area (Å²) in [6.07, 6.45) is 3.30. The van der Waals surface area contributed by atoms with E-state index in [-0.39, 0.29) is 22.5 Å². The van der Waals surface area contributed by atoms with Gasteiger partial charge in [0, 0.05) is 23.7 Å². The van der Waals surface area contributed by atoms with Gasteiger partial charge < -0.3 is 10.3 Å². The van der Waals surface area contributed by atoms with Crippen molar-refractivity contribution < 1.29 is 4.79 Å². The van der Waals surface area contributed by atoms with Crippen LogP contribution < -0.4 is 10.9 Å². The lowest BCUT2D eigenvalue weighted by molar-refractivity contribution is -0.119. The number of aryl methyl sites for hydroxylation is 2. The quantitative estimate of drug-likeness (QED) is 0.898. The van der Waals surface area contributed by atoms with Gasteiger partial charge in [-0.2, -0.15) is 0 Å². The molecule has 4 nitrogen and oxygen atoms in total. The highest BCUT2D eigenvalue weighted by atomic mass is 35.5. The number of amides is 1. The minimum atomic E-state index is -0.319. The van der Waals surface area contributed by atoms with E-state index in [1.54, 1.807) is 12.1 Å². The van der Waals surface area contributed by atoms with Gasteiger partial charge in [0.15, 0.2) is 0 Å². The maximum atomic E-state index is 11.9. The maximum Gasteiger partial charge on any atom is 0.267 e. The summed E-state index contributed by atoms with van der Waals surface area (Å²) in [7, 11) is 0. The Kier molecular flexibility index (Phi) is 4.58. The Morgan fingerprint density at radius 2 is 2.00 bits per heavy atom. The number of pyridine rings is 1. The number of aromatic nitrogens is 1. The predicted molar refractivity (Wildman–Crippen MR) is 96.2 cm³/mol. The van der Waals surface area contributed by atoms with Gasteiger partial charge in [0.1, 0.15) is 5.02 Å². The smallest absolute Gasteiger partial charge is 0.267 e. The van der Waals surface area contributed by atoms with Crippen molar-refractivity contribution in [3.63, 3.8) is 0 Å². The predicted octanol–water partition coefficient (Wildman–Crippen LogP) is 3.36. The topological polar surface area (TPSA) is 62.0 Å². The van der Waals surface area contributed by atoms with Crippen molar-refractivity contribution in [2.45, 2.75) is 32.7 Å². The molecule has 24 heavy (non-hydrogen) atoms. The summed E-state index contributed by atoms with van der Waals surface area (Å²) < 4.78 is 0. The molecule has 1 amide bonds. The number of hydrogen-bond acceptors (Lipinski definition) is 2. The van der Waals surface area contributed by atoms with E-state index in [1.807, 2.05) is 32.1 Å². The SMILES string of the molecule is Cc1ccc(C(=C[C@H]2CCC(=O)N2)c2ccc(Cl)c(=O)[nH]2)c(C)c1. The Morgan fingerprint density at radius 3 is 2.62 bits per heavy atom. The highest BCUT2D eigenvalue weighted by molar-refractivity contribution is 6.30. The number of halogens is 1. The Morgan fingerprint density at radius 1 is 1.21 bits per heavy atom. The first kappa shape index (κ1) is 16.5. The Balaban J connectivity index is 2.13. The zero-order chi connectivity index (χ0) is 17.3. The number of nitrogens with one attached hydrogen (secondary N) is 2. The van der Waals surface area contributed by atoms with E-state index in [9.17, 15) is 9.59 Å². The monoisotopic (exact) mass is 342 g/mol. The molecule has 1 aromatic carbocycles. The summed E-state index contributed by atoms with van der Waals surface area (Å²) in [5.74, 6) is 0.0563. The van der Waals surface area contributed by atoms with Crippen LogP contribution in [0.1, 0.15) is 35.2 Å². The fraction of sp³-hybridized carbons (Fsp3) is 0.263. The molecule has 0 saturated carbocycles. The molecule has 3 rings (SSSR count). The number of carbonyl (C=O) groups is 1. The van der Waals surface area contributed by atoms with E-state index in [1.165, 1.54) is 5.56 Å². The lowest BCUT2D eigenvalue weighted by Crippen LogP contribution is -2.23. The van der Waals surface area contributed by atoms with E-state index in [0.29, 0.717) is 12.1 Å². The van der Waals surface area contributed by atoms with E-state index in [0.717, 1.165) is 23.1 Å². The third kappa shape index (κ3) is 3.44. The van der Waals surface area contributed by atoms with E-state index in [4.69, 9.17) is 11.6 Å². The first-order chi connectivity index (χ1) is 11.4. The molecule has 1 aromatic heterocycles. The second-order valence-corrected chi connectivity index (χ2v) is 6.57. The molecule has 2 heterocycles. The molecule has 5 heteroatoms. The van der Waals surface area contributed by atoms with Crippen LogP contribution in [0.3, 0.4) is 0 Å². The minimum absolute atomic E-state index is 0.0348. The third-order valence-corrected chi connectivity index (χ3v) is 4.52. The fourth-order valence-corrected chi connectivity index (χ4v) is 3.13. The van der Waals surface area contributed by atoms with Crippen molar-refractivity contribution in [3.05, 3.63) is 74.2 Å². The Bertz CT molecular complexity index is 883. The molecule has 2 N–H and O–H groups in total. The first-order valence-corrected chi connectivity index (χ1v) is 8.30. The number of aromatic amines is 1. The van der Waals surface area contributed by atoms with Gasteiger partial charge in [-0.15, -0.1) is 0 Å². The van der Waals surface area contributed by atoms with Crippen LogP contribution in [0, 0.1) is 13.8 Å². The first-order valence-electron chi connectivity index (χ1n) is 7.92. The van der Waals surface area contributed by atoms with Gasteiger partial charge in [0.05, 0.1) is 0 Å². The highest BCUT2D eigenvalue weighted by Gasteiger charge is 2.21. The molecule has 0 bridgehead atoms. The summed E-state index contributed by atoms with van der Waals surface area (Å²) in [5, 5.41) is 3.11. The largest absolute Gasteiger partial charge is 0.350 e. The van der Waals surface area contributed by atoms with Crippen molar-refractivity contribution >= 4 is 23.1 Å². The number of rotatable bonds is 3. The summed E-state index contributed by atoms with van der Waals surface area (Å²) in [4.78, 5) is 26.3. The zero-order valence-corrected chi connectivity index (χ0v) is 14.4. The third-order valence-electron chi connectivity index (χ3n) is 4.22.